The molecule has 0 aliphatic rings. The largest absolute Gasteiger partial charge is 0.364 e. The van der Waals surface area contributed by atoms with Crippen molar-refractivity contribution in [3.63, 3.8) is 0 Å². The van der Waals surface area contributed by atoms with Crippen LogP contribution in [0.25, 0.3) is 0 Å². The van der Waals surface area contributed by atoms with Crippen molar-refractivity contribution < 1.29 is 0 Å². The van der Waals surface area contributed by atoms with Crippen LogP contribution in [0, 0.1) is 0 Å². The molecule has 0 amide bonds. The third-order valence-corrected chi connectivity index (χ3v) is 3.28. The van der Waals surface area contributed by atoms with Gasteiger partial charge in [-0.3, -0.25) is 14.9 Å². The summed E-state index contributed by atoms with van der Waals surface area (Å²) in [5.74, 6) is 0. The van der Waals surface area contributed by atoms with Crippen LogP contribution < -0.4 is 0 Å². The van der Waals surface area contributed by atoms with Gasteiger partial charge in [-0.25, -0.2) is 0 Å². The Bertz CT molecular complexity index is 594. The van der Waals surface area contributed by atoms with E-state index in [4.69, 9.17) is 0 Å². The number of aromatic amines is 1. The van der Waals surface area contributed by atoms with Gasteiger partial charge in [-0.15, -0.1) is 0 Å². The molecule has 4 nitrogen and oxygen atoms in total. The Kier molecular flexibility index (Phi) is 4.39. The van der Waals surface area contributed by atoms with Crippen LogP contribution in [-0.2, 0) is 19.6 Å². The molecule has 3 aromatic heterocycles. The summed E-state index contributed by atoms with van der Waals surface area (Å²) >= 11 is 0. The predicted octanol–water partition coefficient (Wildman–Crippen LogP) is 3.01. The van der Waals surface area contributed by atoms with Crippen LogP contribution in [0.15, 0.2) is 67.1 Å². The van der Waals surface area contributed by atoms with Crippen LogP contribution in [0.2, 0.25) is 0 Å². The minimum absolute atomic E-state index is 0.802. The normalized spacial score (nSPS) is 10.9. The first-order chi connectivity index (χ1) is 10.4. The predicted molar refractivity (Wildman–Crippen MR) is 82.2 cm³/mol. The van der Waals surface area contributed by atoms with Crippen molar-refractivity contribution in [1.82, 2.24) is 19.9 Å². The van der Waals surface area contributed by atoms with Crippen LogP contribution in [0.4, 0.5) is 0 Å². The maximum atomic E-state index is 4.42. The lowest BCUT2D eigenvalue weighted by Gasteiger charge is -2.21. The highest BCUT2D eigenvalue weighted by Crippen LogP contribution is 2.10. The van der Waals surface area contributed by atoms with E-state index in [9.17, 15) is 0 Å². The molecule has 0 aliphatic heterocycles. The maximum absolute atomic E-state index is 4.42. The van der Waals surface area contributed by atoms with E-state index in [0.29, 0.717) is 0 Å². The molecule has 4 heteroatoms. The van der Waals surface area contributed by atoms with Crippen molar-refractivity contribution >= 4 is 0 Å². The number of hydrogen-bond donors (Lipinski definition) is 1. The molecular weight excluding hydrogens is 260 g/mol. The number of nitrogens with zero attached hydrogens (tertiary/aromatic N) is 3. The zero-order valence-corrected chi connectivity index (χ0v) is 11.8. The van der Waals surface area contributed by atoms with Crippen molar-refractivity contribution in [2.75, 3.05) is 0 Å². The molecule has 21 heavy (non-hydrogen) atoms. The van der Waals surface area contributed by atoms with E-state index >= 15 is 0 Å². The number of pyridine rings is 2. The first kappa shape index (κ1) is 13.5. The molecule has 1 N–H and O–H groups in total. The third kappa shape index (κ3) is 4.00. The van der Waals surface area contributed by atoms with Gasteiger partial charge in [0.25, 0.3) is 0 Å². The highest BCUT2D eigenvalue weighted by molar-refractivity contribution is 5.08. The maximum Gasteiger partial charge on any atom is 0.0544 e. The van der Waals surface area contributed by atoms with Gasteiger partial charge >= 0.3 is 0 Å². The number of hydrogen-bond acceptors (Lipinski definition) is 3. The highest BCUT2D eigenvalue weighted by atomic mass is 15.1. The molecule has 3 aromatic rings. The summed E-state index contributed by atoms with van der Waals surface area (Å²) in [7, 11) is 0. The molecule has 0 unspecified atom stereocenters. The van der Waals surface area contributed by atoms with Gasteiger partial charge in [-0.1, -0.05) is 12.1 Å². The lowest BCUT2D eigenvalue weighted by molar-refractivity contribution is 0.239. The summed E-state index contributed by atoms with van der Waals surface area (Å²) in [4.78, 5) is 14.4. The Balaban J connectivity index is 1.74. The smallest absolute Gasteiger partial charge is 0.0544 e. The standard InChI is InChI=1S/C17H18N4/c1-3-9-18-15(6-1)12-21(14-17-8-5-11-20-17)13-16-7-2-4-10-19-16/h1-11,20H,12-14H2. The molecule has 0 bridgehead atoms. The summed E-state index contributed by atoms with van der Waals surface area (Å²) < 4.78 is 0. The number of H-pyrrole nitrogens is 1. The van der Waals surface area contributed by atoms with Crippen molar-refractivity contribution in [2.24, 2.45) is 0 Å². The molecule has 0 saturated heterocycles. The third-order valence-electron chi connectivity index (χ3n) is 3.28. The first-order valence-corrected chi connectivity index (χ1v) is 7.04. The fourth-order valence-electron chi connectivity index (χ4n) is 2.32. The Labute approximate surface area is 124 Å². The Morgan fingerprint density at radius 2 is 1.43 bits per heavy atom. The van der Waals surface area contributed by atoms with E-state index in [1.165, 1.54) is 5.69 Å². The van der Waals surface area contributed by atoms with Crippen LogP contribution in [0.3, 0.4) is 0 Å². The van der Waals surface area contributed by atoms with Crippen molar-refractivity contribution in [2.45, 2.75) is 19.6 Å². The summed E-state index contributed by atoms with van der Waals surface area (Å²) in [5.41, 5.74) is 3.34. The van der Waals surface area contributed by atoms with Gasteiger partial charge in [0.15, 0.2) is 0 Å². The Morgan fingerprint density at radius 1 is 0.762 bits per heavy atom. The van der Waals surface area contributed by atoms with Gasteiger partial charge in [-0.05, 0) is 36.4 Å². The van der Waals surface area contributed by atoms with Gasteiger partial charge in [0, 0.05) is 43.9 Å². The Hall–Kier alpha value is -2.46. The van der Waals surface area contributed by atoms with E-state index in [-0.39, 0.29) is 0 Å². The van der Waals surface area contributed by atoms with Crippen LogP contribution in [0.5, 0.6) is 0 Å². The van der Waals surface area contributed by atoms with Gasteiger partial charge in [0.05, 0.1) is 11.4 Å². The van der Waals surface area contributed by atoms with E-state index in [2.05, 4.69) is 38.1 Å². The van der Waals surface area contributed by atoms with E-state index in [0.717, 1.165) is 31.0 Å². The lowest BCUT2D eigenvalue weighted by atomic mass is 10.2. The van der Waals surface area contributed by atoms with Crippen molar-refractivity contribution in [3.05, 3.63) is 84.2 Å². The molecule has 0 atom stereocenters. The van der Waals surface area contributed by atoms with Gasteiger partial charge in [-0.2, -0.15) is 0 Å². The molecule has 0 fully saturated rings. The molecular formula is C17H18N4. The molecule has 106 valence electrons. The molecule has 0 spiro atoms. The van der Waals surface area contributed by atoms with Crippen molar-refractivity contribution in [3.8, 4) is 0 Å². The van der Waals surface area contributed by atoms with E-state index < -0.39 is 0 Å². The van der Waals surface area contributed by atoms with E-state index in [1.54, 1.807) is 0 Å². The summed E-state index contributed by atoms with van der Waals surface area (Å²) in [5, 5.41) is 0. The summed E-state index contributed by atoms with van der Waals surface area (Å²) in [6, 6.07) is 16.2. The van der Waals surface area contributed by atoms with E-state index in [1.807, 2.05) is 48.9 Å². The fraction of sp³-hybridized carbons (Fsp3) is 0.176. The number of nitrogens with one attached hydrogen (secondary N) is 1. The zero-order chi connectivity index (χ0) is 14.3. The number of aromatic nitrogens is 3. The average molecular weight is 278 g/mol. The zero-order valence-electron chi connectivity index (χ0n) is 11.8. The topological polar surface area (TPSA) is 44.8 Å². The average Bonchev–Trinajstić information content (AvgIpc) is 3.02. The highest BCUT2D eigenvalue weighted by Gasteiger charge is 2.10. The first-order valence-electron chi connectivity index (χ1n) is 7.04. The SMILES string of the molecule is c1ccc(CN(Cc2ccccn2)Cc2ccc[nH]2)nc1. The quantitative estimate of drug-likeness (QED) is 0.754. The van der Waals surface area contributed by atoms with Crippen molar-refractivity contribution in [1.29, 1.82) is 0 Å². The minimum atomic E-state index is 0.802. The molecule has 0 aromatic carbocycles. The molecule has 0 saturated carbocycles. The molecule has 0 radical (unpaired) electrons. The monoisotopic (exact) mass is 278 g/mol. The minimum Gasteiger partial charge on any atom is -0.364 e. The van der Waals surface area contributed by atoms with Gasteiger partial charge < -0.3 is 4.98 Å². The molecule has 3 heterocycles. The van der Waals surface area contributed by atoms with Crippen LogP contribution in [0.1, 0.15) is 17.1 Å². The Morgan fingerprint density at radius 3 is 1.90 bits per heavy atom. The summed E-state index contributed by atoms with van der Waals surface area (Å²) in [6.45, 7) is 2.45. The molecule has 0 aliphatic carbocycles. The summed E-state index contributed by atoms with van der Waals surface area (Å²) in [6.07, 6.45) is 5.63. The second kappa shape index (κ2) is 6.81. The van der Waals surface area contributed by atoms with Crippen LogP contribution in [-0.4, -0.2) is 19.9 Å². The van der Waals surface area contributed by atoms with Gasteiger partial charge in [0.2, 0.25) is 0 Å². The molecule has 3 rings (SSSR count). The van der Waals surface area contributed by atoms with Gasteiger partial charge in [0.1, 0.15) is 0 Å². The lowest BCUT2D eigenvalue weighted by Crippen LogP contribution is -2.23. The second-order valence-corrected chi connectivity index (χ2v) is 4.98. The fourth-order valence-corrected chi connectivity index (χ4v) is 2.32. The second-order valence-electron chi connectivity index (χ2n) is 4.98. The number of rotatable bonds is 6. The van der Waals surface area contributed by atoms with Crippen LogP contribution >= 0.6 is 0 Å².